The molecule has 0 bridgehead atoms. The number of aliphatic hydroxyl groups is 2. The minimum Gasteiger partial charge on any atom is -0.394 e. The lowest BCUT2D eigenvalue weighted by Crippen LogP contribution is -2.45. The summed E-state index contributed by atoms with van der Waals surface area (Å²) >= 11 is 0. The van der Waals surface area contributed by atoms with E-state index in [0.29, 0.717) is 6.42 Å². The molecule has 0 heterocycles. The van der Waals surface area contributed by atoms with Crippen LogP contribution in [0.5, 0.6) is 0 Å². The Kier molecular flexibility index (Phi) is 37.4. The van der Waals surface area contributed by atoms with Crippen molar-refractivity contribution < 1.29 is 15.0 Å². The van der Waals surface area contributed by atoms with Crippen molar-refractivity contribution in [2.24, 2.45) is 0 Å². The van der Waals surface area contributed by atoms with E-state index in [1.807, 2.05) is 6.08 Å². The molecule has 2 unspecified atom stereocenters. The molecule has 1 amide bonds. The van der Waals surface area contributed by atoms with E-state index in [1.165, 1.54) is 128 Å². The summed E-state index contributed by atoms with van der Waals surface area (Å²) in [4.78, 5) is 12.3. The number of aliphatic hydroxyl groups excluding tert-OH is 2. The zero-order chi connectivity index (χ0) is 34.3. The van der Waals surface area contributed by atoms with Crippen LogP contribution in [0, 0.1) is 0 Å². The lowest BCUT2D eigenvalue weighted by atomic mass is 10.1. The van der Waals surface area contributed by atoms with Gasteiger partial charge in [-0.3, -0.25) is 4.79 Å². The number of nitrogens with one attached hydrogen (secondary N) is 1. The molecule has 0 aliphatic carbocycles. The first kappa shape index (κ1) is 45.3. The van der Waals surface area contributed by atoms with Gasteiger partial charge >= 0.3 is 0 Å². The maximum Gasteiger partial charge on any atom is 0.220 e. The van der Waals surface area contributed by atoms with E-state index in [9.17, 15) is 15.0 Å². The van der Waals surface area contributed by atoms with Gasteiger partial charge in [-0.25, -0.2) is 0 Å². The van der Waals surface area contributed by atoms with E-state index >= 15 is 0 Å². The third-order valence-electron chi connectivity index (χ3n) is 9.01. The minimum absolute atomic E-state index is 0.0883. The molecule has 274 valence electrons. The van der Waals surface area contributed by atoms with Gasteiger partial charge < -0.3 is 15.5 Å². The van der Waals surface area contributed by atoms with E-state index in [0.717, 1.165) is 51.4 Å². The number of amides is 1. The van der Waals surface area contributed by atoms with Crippen LogP contribution in [0.1, 0.15) is 200 Å². The first-order valence-corrected chi connectivity index (χ1v) is 20.4. The van der Waals surface area contributed by atoms with Crippen molar-refractivity contribution in [3.8, 4) is 0 Å². The van der Waals surface area contributed by atoms with Crippen molar-refractivity contribution in [2.45, 2.75) is 212 Å². The molecule has 4 nitrogen and oxygen atoms in total. The highest BCUT2D eigenvalue weighted by Crippen LogP contribution is 2.13. The summed E-state index contributed by atoms with van der Waals surface area (Å²) < 4.78 is 0. The minimum atomic E-state index is -0.872. The lowest BCUT2D eigenvalue weighted by Gasteiger charge is -2.19. The van der Waals surface area contributed by atoms with Crippen molar-refractivity contribution in [2.75, 3.05) is 6.61 Å². The second-order valence-electron chi connectivity index (χ2n) is 13.7. The topological polar surface area (TPSA) is 69.6 Å². The van der Waals surface area contributed by atoms with Gasteiger partial charge in [0.1, 0.15) is 0 Å². The molecule has 4 heteroatoms. The maximum atomic E-state index is 12.3. The predicted octanol–water partition coefficient (Wildman–Crippen LogP) is 12.4. The molecule has 47 heavy (non-hydrogen) atoms. The molecule has 0 saturated carbocycles. The maximum absolute atomic E-state index is 12.3. The Morgan fingerprint density at radius 2 is 0.830 bits per heavy atom. The van der Waals surface area contributed by atoms with Gasteiger partial charge in [-0.2, -0.15) is 0 Å². The molecule has 0 fully saturated rings. The van der Waals surface area contributed by atoms with Gasteiger partial charge in [-0.1, -0.05) is 172 Å². The Labute approximate surface area is 293 Å². The average molecular weight is 658 g/mol. The van der Waals surface area contributed by atoms with Crippen LogP contribution in [0.3, 0.4) is 0 Å². The highest BCUT2D eigenvalue weighted by Gasteiger charge is 2.17. The van der Waals surface area contributed by atoms with Crippen LogP contribution in [0.25, 0.3) is 0 Å². The molecule has 2 atom stereocenters. The van der Waals surface area contributed by atoms with Crippen LogP contribution >= 0.6 is 0 Å². The Balaban J connectivity index is 3.69. The van der Waals surface area contributed by atoms with Crippen molar-refractivity contribution in [1.29, 1.82) is 0 Å². The summed E-state index contributed by atoms with van der Waals surface area (Å²) in [5, 5.41) is 22.9. The van der Waals surface area contributed by atoms with E-state index in [4.69, 9.17) is 0 Å². The summed E-state index contributed by atoms with van der Waals surface area (Å²) in [7, 11) is 0. The van der Waals surface area contributed by atoms with Crippen LogP contribution < -0.4 is 5.32 Å². The number of allylic oxidation sites excluding steroid dienone is 7. The Morgan fingerprint density at radius 1 is 0.489 bits per heavy atom. The average Bonchev–Trinajstić information content (AvgIpc) is 3.07. The third-order valence-corrected chi connectivity index (χ3v) is 9.01. The van der Waals surface area contributed by atoms with Gasteiger partial charge in [0.25, 0.3) is 0 Å². The third kappa shape index (κ3) is 35.5. The fourth-order valence-corrected chi connectivity index (χ4v) is 5.85. The fourth-order valence-electron chi connectivity index (χ4n) is 5.85. The summed E-state index contributed by atoms with van der Waals surface area (Å²) in [6, 6.07) is -0.649. The Morgan fingerprint density at radius 3 is 1.23 bits per heavy atom. The Bertz CT molecular complexity index is 756. The van der Waals surface area contributed by atoms with Gasteiger partial charge in [0.05, 0.1) is 18.8 Å². The van der Waals surface area contributed by atoms with E-state index in [-0.39, 0.29) is 12.5 Å². The SMILES string of the molecule is CCCCCCCC/C=C\CCCCCCCC(=O)NC(CO)C(O)/C=C/CC/C=C/CC/C=C/CCCCCCCCCCCC. The summed E-state index contributed by atoms with van der Waals surface area (Å²) in [5.74, 6) is -0.0883. The molecule has 0 aliphatic rings. The van der Waals surface area contributed by atoms with Gasteiger partial charge in [0.2, 0.25) is 5.91 Å². The standard InChI is InChI=1S/C43H79NO3/c1-3-5-7-9-11-13-15-17-19-20-21-22-23-25-26-28-30-32-34-36-38-42(46)41(40-45)44-43(47)39-37-35-33-31-29-27-24-18-16-14-12-10-8-6-4-2/h18,22-24,28,30,36,38,41-42,45-46H,3-17,19-21,25-27,29,31-35,37,39-40H2,1-2H3,(H,44,47)/b23-22+,24-18-,30-28+,38-36+. The molecule has 0 aliphatic heterocycles. The van der Waals surface area contributed by atoms with Gasteiger partial charge in [-0.05, 0) is 70.6 Å². The molecule has 0 aromatic heterocycles. The number of rotatable bonds is 36. The lowest BCUT2D eigenvalue weighted by molar-refractivity contribution is -0.123. The molecule has 0 saturated heterocycles. The van der Waals surface area contributed by atoms with Crippen LogP contribution in [0.2, 0.25) is 0 Å². The van der Waals surface area contributed by atoms with Crippen molar-refractivity contribution in [1.82, 2.24) is 5.32 Å². The van der Waals surface area contributed by atoms with Gasteiger partial charge in [-0.15, -0.1) is 0 Å². The normalized spacial score (nSPS) is 13.5. The highest BCUT2D eigenvalue weighted by molar-refractivity contribution is 5.76. The second-order valence-corrected chi connectivity index (χ2v) is 13.7. The molecular weight excluding hydrogens is 578 g/mol. The molecule has 0 rings (SSSR count). The van der Waals surface area contributed by atoms with Crippen LogP contribution in [0.4, 0.5) is 0 Å². The molecule has 0 spiro atoms. The largest absolute Gasteiger partial charge is 0.394 e. The monoisotopic (exact) mass is 658 g/mol. The van der Waals surface area contributed by atoms with Gasteiger partial charge in [0.15, 0.2) is 0 Å². The molecule has 0 aromatic rings. The second kappa shape index (κ2) is 38.8. The molecule has 0 radical (unpaired) electrons. The van der Waals surface area contributed by atoms with Crippen LogP contribution in [-0.4, -0.2) is 34.9 Å². The number of unbranched alkanes of at least 4 members (excludes halogenated alkanes) is 23. The van der Waals surface area contributed by atoms with Crippen LogP contribution in [0.15, 0.2) is 48.6 Å². The number of carbonyl (C=O) groups is 1. The van der Waals surface area contributed by atoms with Crippen molar-refractivity contribution in [3.63, 3.8) is 0 Å². The van der Waals surface area contributed by atoms with E-state index < -0.39 is 12.1 Å². The first-order chi connectivity index (χ1) is 23.2. The smallest absolute Gasteiger partial charge is 0.220 e. The quantitative estimate of drug-likeness (QED) is 0.0464. The van der Waals surface area contributed by atoms with E-state index in [2.05, 4.69) is 55.6 Å². The van der Waals surface area contributed by atoms with Crippen molar-refractivity contribution >= 4 is 5.91 Å². The number of hydrogen-bond donors (Lipinski definition) is 3. The predicted molar refractivity (Wildman–Crippen MR) is 207 cm³/mol. The fraction of sp³-hybridized carbons (Fsp3) is 0.791. The van der Waals surface area contributed by atoms with Crippen LogP contribution in [-0.2, 0) is 4.79 Å². The highest BCUT2D eigenvalue weighted by atomic mass is 16.3. The van der Waals surface area contributed by atoms with E-state index in [1.54, 1.807) is 6.08 Å². The summed E-state index contributed by atoms with van der Waals surface area (Å²) in [6.07, 6.45) is 52.1. The number of hydrogen-bond acceptors (Lipinski definition) is 3. The van der Waals surface area contributed by atoms with Gasteiger partial charge in [0, 0.05) is 6.42 Å². The molecule has 0 aromatic carbocycles. The first-order valence-electron chi connectivity index (χ1n) is 20.4. The zero-order valence-electron chi connectivity index (χ0n) is 31.3. The zero-order valence-corrected chi connectivity index (χ0v) is 31.3. The Hall–Kier alpha value is -1.65. The summed E-state index contributed by atoms with van der Waals surface area (Å²) in [5.41, 5.74) is 0. The number of carbonyl (C=O) groups excluding carboxylic acids is 1. The summed E-state index contributed by atoms with van der Waals surface area (Å²) in [6.45, 7) is 4.27. The van der Waals surface area contributed by atoms with Crippen molar-refractivity contribution in [3.05, 3.63) is 48.6 Å². The molecular formula is C43H79NO3. The molecule has 3 N–H and O–H groups in total.